The van der Waals surface area contributed by atoms with Gasteiger partial charge in [-0.1, -0.05) is 59.6 Å². The molecule has 0 saturated carbocycles. The number of amides is 2. The van der Waals surface area contributed by atoms with E-state index in [1.165, 1.54) is 6.20 Å². The summed E-state index contributed by atoms with van der Waals surface area (Å²) in [6.45, 7) is 5.79. The minimum absolute atomic E-state index is 0.265. The fraction of sp³-hybridized carbons (Fsp3) is 0.138. The fourth-order valence-corrected chi connectivity index (χ4v) is 4.76. The molecule has 1 atom stereocenters. The molecule has 186 valence electrons. The van der Waals surface area contributed by atoms with Gasteiger partial charge in [0.25, 0.3) is 11.8 Å². The number of para-hydroxylation sites is 1. The van der Waals surface area contributed by atoms with Crippen molar-refractivity contribution in [3.63, 3.8) is 0 Å². The summed E-state index contributed by atoms with van der Waals surface area (Å²) < 4.78 is 1.66. The van der Waals surface area contributed by atoms with Crippen molar-refractivity contribution < 1.29 is 9.59 Å². The van der Waals surface area contributed by atoms with Crippen molar-refractivity contribution in [2.24, 2.45) is 0 Å². The lowest BCUT2D eigenvalue weighted by Gasteiger charge is -2.30. The number of fused-ring (bicyclic) bond motifs is 1. The lowest BCUT2D eigenvalue weighted by Crippen LogP contribution is -2.32. The first kappa shape index (κ1) is 24.3. The summed E-state index contributed by atoms with van der Waals surface area (Å²) in [7, 11) is 0. The Morgan fingerprint density at radius 1 is 0.919 bits per heavy atom. The fourth-order valence-electron chi connectivity index (χ4n) is 4.56. The van der Waals surface area contributed by atoms with Crippen LogP contribution in [0.5, 0.6) is 0 Å². The van der Waals surface area contributed by atoms with Crippen LogP contribution in [-0.4, -0.2) is 21.6 Å². The Kier molecular flexibility index (Phi) is 6.54. The first-order valence-electron chi connectivity index (χ1n) is 11.9. The third-order valence-corrected chi connectivity index (χ3v) is 6.57. The summed E-state index contributed by atoms with van der Waals surface area (Å²) in [6, 6.07) is 21.8. The van der Waals surface area contributed by atoms with Gasteiger partial charge in [0, 0.05) is 22.1 Å². The van der Waals surface area contributed by atoms with Crippen molar-refractivity contribution in [2.75, 3.05) is 16.0 Å². The topological polar surface area (TPSA) is 88.0 Å². The molecule has 0 bridgehead atoms. The van der Waals surface area contributed by atoms with Gasteiger partial charge in [0.15, 0.2) is 0 Å². The molecule has 0 radical (unpaired) electrons. The van der Waals surface area contributed by atoms with Crippen molar-refractivity contribution in [1.29, 1.82) is 0 Å². The molecule has 2 heterocycles. The molecule has 1 aromatic heterocycles. The number of nitrogens with zero attached hydrogens (tertiary/aromatic N) is 2. The SMILES string of the molecule is CC1=C(C(=O)Nc2ccc(C)cc2C)[C@H](c2cccc(Cl)c2)n2ncc(C(=O)Nc3ccccc3)c2N1. The van der Waals surface area contributed by atoms with E-state index < -0.39 is 6.04 Å². The molecule has 7 nitrogen and oxygen atoms in total. The Morgan fingerprint density at radius 2 is 1.70 bits per heavy atom. The summed E-state index contributed by atoms with van der Waals surface area (Å²) >= 11 is 6.34. The predicted molar refractivity (Wildman–Crippen MR) is 147 cm³/mol. The quantitative estimate of drug-likeness (QED) is 0.292. The molecule has 1 aliphatic heterocycles. The minimum Gasteiger partial charge on any atom is -0.343 e. The number of carbonyl (C=O) groups excluding carboxylic acids is 2. The number of allylic oxidation sites excluding steroid dienone is 1. The van der Waals surface area contributed by atoms with Gasteiger partial charge in [-0.15, -0.1) is 0 Å². The van der Waals surface area contributed by atoms with E-state index >= 15 is 0 Å². The van der Waals surface area contributed by atoms with Crippen molar-refractivity contribution >= 4 is 40.6 Å². The Morgan fingerprint density at radius 3 is 2.43 bits per heavy atom. The summed E-state index contributed by atoms with van der Waals surface area (Å²) in [4.78, 5) is 26.9. The molecule has 0 saturated heterocycles. The maximum Gasteiger partial charge on any atom is 0.261 e. The Balaban J connectivity index is 1.55. The molecule has 1 aliphatic rings. The highest BCUT2D eigenvalue weighted by Gasteiger charge is 2.35. The van der Waals surface area contributed by atoms with E-state index in [-0.39, 0.29) is 11.8 Å². The first-order chi connectivity index (χ1) is 17.8. The van der Waals surface area contributed by atoms with E-state index in [2.05, 4.69) is 21.0 Å². The Hall–Kier alpha value is -4.36. The van der Waals surface area contributed by atoms with E-state index in [0.717, 1.165) is 22.4 Å². The molecule has 0 fully saturated rings. The van der Waals surface area contributed by atoms with Gasteiger partial charge in [-0.3, -0.25) is 9.59 Å². The van der Waals surface area contributed by atoms with Crippen LogP contribution in [0.1, 0.15) is 40.0 Å². The second-order valence-corrected chi connectivity index (χ2v) is 9.50. The lowest BCUT2D eigenvalue weighted by atomic mass is 9.94. The van der Waals surface area contributed by atoms with Crippen molar-refractivity contribution in [3.05, 3.63) is 118 Å². The van der Waals surface area contributed by atoms with Crippen molar-refractivity contribution in [3.8, 4) is 0 Å². The second-order valence-electron chi connectivity index (χ2n) is 9.07. The molecule has 5 rings (SSSR count). The Labute approximate surface area is 220 Å². The highest BCUT2D eigenvalue weighted by molar-refractivity contribution is 6.30. The molecule has 0 unspecified atom stereocenters. The molecule has 4 aromatic rings. The number of aryl methyl sites for hydroxylation is 2. The van der Waals surface area contributed by atoms with Gasteiger partial charge in [-0.2, -0.15) is 5.10 Å². The van der Waals surface area contributed by atoms with Crippen LogP contribution in [0, 0.1) is 13.8 Å². The van der Waals surface area contributed by atoms with Gasteiger partial charge in [0.1, 0.15) is 17.4 Å². The molecule has 3 aromatic carbocycles. The number of aromatic nitrogens is 2. The van der Waals surface area contributed by atoms with Crippen LogP contribution in [0.25, 0.3) is 0 Å². The number of benzene rings is 3. The standard InChI is InChI=1S/C29H26ClN5O2/c1-17-12-13-24(18(2)14-17)34-29(37)25-19(3)32-27-23(28(36)33-22-10-5-4-6-11-22)16-31-35(27)26(25)20-8-7-9-21(30)15-20/h4-16,26,32H,1-3H3,(H,33,36)(H,34,37)/t26-/m0/s1. The number of carbonyl (C=O) groups is 2. The van der Waals surface area contributed by atoms with Gasteiger partial charge in [0.2, 0.25) is 0 Å². The van der Waals surface area contributed by atoms with E-state index in [9.17, 15) is 9.59 Å². The maximum absolute atomic E-state index is 13.7. The summed E-state index contributed by atoms with van der Waals surface area (Å²) in [5.41, 5.74) is 5.73. The number of nitrogens with one attached hydrogen (secondary N) is 3. The molecule has 0 aliphatic carbocycles. The third-order valence-electron chi connectivity index (χ3n) is 6.34. The Bertz CT molecular complexity index is 1540. The predicted octanol–water partition coefficient (Wildman–Crippen LogP) is 6.33. The zero-order valence-electron chi connectivity index (χ0n) is 20.7. The maximum atomic E-state index is 13.7. The van der Waals surface area contributed by atoms with Crippen LogP contribution in [0.2, 0.25) is 5.02 Å². The normalized spacial score (nSPS) is 14.5. The lowest BCUT2D eigenvalue weighted by molar-refractivity contribution is -0.113. The number of halogens is 1. The number of hydrogen-bond acceptors (Lipinski definition) is 4. The summed E-state index contributed by atoms with van der Waals surface area (Å²) in [6.07, 6.45) is 1.51. The molecular formula is C29H26ClN5O2. The van der Waals surface area contributed by atoms with Crippen LogP contribution in [0.15, 0.2) is 90.3 Å². The van der Waals surface area contributed by atoms with Crippen LogP contribution in [-0.2, 0) is 4.79 Å². The number of rotatable bonds is 5. The highest BCUT2D eigenvalue weighted by atomic mass is 35.5. The van der Waals surface area contributed by atoms with Gasteiger partial charge >= 0.3 is 0 Å². The monoisotopic (exact) mass is 511 g/mol. The van der Waals surface area contributed by atoms with Crippen molar-refractivity contribution in [1.82, 2.24) is 9.78 Å². The van der Waals surface area contributed by atoms with Crippen LogP contribution < -0.4 is 16.0 Å². The molecule has 0 spiro atoms. The second kappa shape index (κ2) is 9.95. The zero-order valence-corrected chi connectivity index (χ0v) is 21.4. The van der Waals surface area contributed by atoms with Gasteiger partial charge < -0.3 is 16.0 Å². The molecule has 37 heavy (non-hydrogen) atoms. The van der Waals surface area contributed by atoms with Crippen LogP contribution in [0.3, 0.4) is 0 Å². The van der Waals surface area contributed by atoms with Gasteiger partial charge in [-0.25, -0.2) is 4.68 Å². The highest BCUT2D eigenvalue weighted by Crippen LogP contribution is 2.38. The van der Waals surface area contributed by atoms with Crippen molar-refractivity contribution in [2.45, 2.75) is 26.8 Å². The average molecular weight is 512 g/mol. The van der Waals surface area contributed by atoms with Gasteiger partial charge in [0.05, 0.1) is 11.8 Å². The number of hydrogen-bond donors (Lipinski definition) is 3. The van der Waals surface area contributed by atoms with E-state index in [1.54, 1.807) is 10.7 Å². The van der Waals surface area contributed by atoms with E-state index in [4.69, 9.17) is 11.6 Å². The van der Waals surface area contributed by atoms with Crippen LogP contribution in [0.4, 0.5) is 17.2 Å². The molecule has 3 N–H and O–H groups in total. The molecule has 8 heteroatoms. The molecular weight excluding hydrogens is 486 g/mol. The average Bonchev–Trinajstić information content (AvgIpc) is 3.29. The largest absolute Gasteiger partial charge is 0.343 e. The van der Waals surface area contributed by atoms with E-state index in [1.807, 2.05) is 87.5 Å². The first-order valence-corrected chi connectivity index (χ1v) is 12.3. The minimum atomic E-state index is -0.598. The van der Waals surface area contributed by atoms with Crippen LogP contribution >= 0.6 is 11.6 Å². The summed E-state index contributed by atoms with van der Waals surface area (Å²) in [5, 5.41) is 14.3. The molecule has 2 amide bonds. The zero-order chi connectivity index (χ0) is 26.1. The third kappa shape index (κ3) is 4.86. The van der Waals surface area contributed by atoms with Gasteiger partial charge in [-0.05, 0) is 62.2 Å². The van der Waals surface area contributed by atoms with E-state index in [0.29, 0.717) is 33.4 Å². The smallest absolute Gasteiger partial charge is 0.261 e. The summed E-state index contributed by atoms with van der Waals surface area (Å²) in [5.74, 6) is -0.0712. The number of anilines is 3.